The maximum atomic E-state index is 11.8. The van der Waals surface area contributed by atoms with Crippen molar-refractivity contribution < 1.29 is 14.3 Å². The molecule has 0 spiro atoms. The molecule has 0 atom stereocenters. The highest BCUT2D eigenvalue weighted by Crippen LogP contribution is 2.12. The summed E-state index contributed by atoms with van der Waals surface area (Å²) in [6.07, 6.45) is 32.5. The lowest BCUT2D eigenvalue weighted by molar-refractivity contribution is -0.159. The first-order valence-corrected chi connectivity index (χ1v) is 14.6. The van der Waals surface area contributed by atoms with E-state index in [0.717, 1.165) is 32.1 Å². The van der Waals surface area contributed by atoms with Gasteiger partial charge in [-0.1, -0.05) is 129 Å². The highest BCUT2D eigenvalue weighted by Gasteiger charge is 2.09. The monoisotopic (exact) mass is 464 g/mol. The summed E-state index contributed by atoms with van der Waals surface area (Å²) >= 11 is 0. The molecule has 33 heavy (non-hydrogen) atoms. The van der Waals surface area contributed by atoms with Gasteiger partial charge < -0.3 is 4.74 Å². The molecule has 0 aliphatic rings. The zero-order valence-electron chi connectivity index (χ0n) is 22.4. The van der Waals surface area contributed by atoms with Gasteiger partial charge in [0.1, 0.15) is 0 Å². The molecule has 0 fully saturated rings. The zero-order valence-corrected chi connectivity index (χ0v) is 22.4. The standard InChI is InChI=1S/C30H56O3/c1-3-5-7-9-11-13-14-15-16-17-18-20-22-24-26-28-30(32)33-29(31)27-25-23-21-19-12-10-8-6-4-2/h15-16H,3-14,17-28H2,1-2H3. The Morgan fingerprint density at radius 2 is 0.758 bits per heavy atom. The van der Waals surface area contributed by atoms with Crippen molar-refractivity contribution in [1.29, 1.82) is 0 Å². The Morgan fingerprint density at radius 3 is 1.12 bits per heavy atom. The van der Waals surface area contributed by atoms with E-state index < -0.39 is 0 Å². The molecule has 0 unspecified atom stereocenters. The number of rotatable bonds is 25. The Kier molecular flexibility index (Phi) is 26.2. The van der Waals surface area contributed by atoms with Crippen LogP contribution in [-0.2, 0) is 14.3 Å². The second-order valence-electron chi connectivity index (χ2n) is 9.76. The highest BCUT2D eigenvalue weighted by atomic mass is 16.6. The molecule has 0 amide bonds. The molecule has 0 saturated heterocycles. The van der Waals surface area contributed by atoms with Crippen LogP contribution in [0.4, 0.5) is 0 Å². The van der Waals surface area contributed by atoms with Gasteiger partial charge in [0.25, 0.3) is 0 Å². The average molecular weight is 465 g/mol. The van der Waals surface area contributed by atoms with E-state index in [0.29, 0.717) is 12.8 Å². The maximum Gasteiger partial charge on any atom is 0.313 e. The fourth-order valence-electron chi connectivity index (χ4n) is 4.15. The van der Waals surface area contributed by atoms with E-state index in [4.69, 9.17) is 4.74 Å². The number of ether oxygens (including phenoxy) is 1. The van der Waals surface area contributed by atoms with Gasteiger partial charge in [0, 0.05) is 12.8 Å². The van der Waals surface area contributed by atoms with Crippen LogP contribution < -0.4 is 0 Å². The topological polar surface area (TPSA) is 43.4 Å². The third-order valence-corrected chi connectivity index (χ3v) is 6.35. The van der Waals surface area contributed by atoms with Gasteiger partial charge in [-0.25, -0.2) is 0 Å². The SMILES string of the molecule is CCCCCCCCC=CCCCCCCCC(=O)OC(=O)CCCCCCCCCCC. The van der Waals surface area contributed by atoms with E-state index in [9.17, 15) is 9.59 Å². The molecule has 0 aromatic rings. The predicted molar refractivity (Wildman–Crippen MR) is 142 cm³/mol. The molecule has 0 radical (unpaired) electrons. The largest absolute Gasteiger partial charge is 0.393 e. The van der Waals surface area contributed by atoms with Crippen LogP contribution in [0.3, 0.4) is 0 Å². The number of carbonyl (C=O) groups excluding carboxylic acids is 2. The van der Waals surface area contributed by atoms with E-state index in [2.05, 4.69) is 26.0 Å². The molecule has 0 heterocycles. The van der Waals surface area contributed by atoms with Crippen LogP contribution in [0.15, 0.2) is 12.2 Å². The van der Waals surface area contributed by atoms with E-state index in [1.807, 2.05) is 0 Å². The van der Waals surface area contributed by atoms with Crippen molar-refractivity contribution in [2.45, 2.75) is 168 Å². The third-order valence-electron chi connectivity index (χ3n) is 6.35. The van der Waals surface area contributed by atoms with Gasteiger partial charge >= 0.3 is 11.9 Å². The van der Waals surface area contributed by atoms with E-state index >= 15 is 0 Å². The van der Waals surface area contributed by atoms with Gasteiger partial charge in [0.05, 0.1) is 0 Å². The van der Waals surface area contributed by atoms with Crippen LogP contribution in [0.1, 0.15) is 168 Å². The summed E-state index contributed by atoms with van der Waals surface area (Å²) in [6.45, 7) is 4.50. The summed E-state index contributed by atoms with van der Waals surface area (Å²) in [7, 11) is 0. The van der Waals surface area contributed by atoms with Crippen LogP contribution in [-0.4, -0.2) is 11.9 Å². The molecule has 3 heteroatoms. The first kappa shape index (κ1) is 31.9. The third kappa shape index (κ3) is 27.0. The summed E-state index contributed by atoms with van der Waals surface area (Å²) in [5.74, 6) is -0.677. The van der Waals surface area contributed by atoms with Crippen molar-refractivity contribution in [3.63, 3.8) is 0 Å². The number of hydrogen-bond donors (Lipinski definition) is 0. The molecule has 0 saturated carbocycles. The van der Waals surface area contributed by atoms with Crippen LogP contribution in [0.5, 0.6) is 0 Å². The molecule has 0 bridgehead atoms. The Balaban J connectivity index is 3.34. The number of esters is 2. The van der Waals surface area contributed by atoms with Crippen molar-refractivity contribution in [1.82, 2.24) is 0 Å². The lowest BCUT2D eigenvalue weighted by Gasteiger charge is -2.04. The van der Waals surface area contributed by atoms with E-state index in [1.54, 1.807) is 0 Å². The van der Waals surface area contributed by atoms with Crippen molar-refractivity contribution in [3.05, 3.63) is 12.2 Å². The summed E-state index contributed by atoms with van der Waals surface area (Å²) in [6, 6.07) is 0. The lowest BCUT2D eigenvalue weighted by Crippen LogP contribution is -2.11. The van der Waals surface area contributed by atoms with Crippen LogP contribution >= 0.6 is 0 Å². The smallest absolute Gasteiger partial charge is 0.313 e. The van der Waals surface area contributed by atoms with Crippen LogP contribution in [0, 0.1) is 0 Å². The molecule has 0 aliphatic heterocycles. The lowest BCUT2D eigenvalue weighted by atomic mass is 10.1. The fraction of sp³-hybridized carbons (Fsp3) is 0.867. The second kappa shape index (κ2) is 27.1. The van der Waals surface area contributed by atoms with E-state index in [-0.39, 0.29) is 11.9 Å². The Hall–Kier alpha value is -1.12. The maximum absolute atomic E-state index is 11.8. The first-order valence-electron chi connectivity index (χ1n) is 14.6. The Labute approximate surface area is 206 Å². The molecule has 0 aromatic heterocycles. The molecule has 0 aromatic carbocycles. The number of unbranched alkanes of at least 4 members (excludes halogenated alkanes) is 19. The molecular formula is C30H56O3. The van der Waals surface area contributed by atoms with Crippen LogP contribution in [0.25, 0.3) is 0 Å². The fourth-order valence-corrected chi connectivity index (χ4v) is 4.15. The van der Waals surface area contributed by atoms with Crippen molar-refractivity contribution in [2.75, 3.05) is 0 Å². The molecule has 3 nitrogen and oxygen atoms in total. The van der Waals surface area contributed by atoms with Gasteiger partial charge in [-0.15, -0.1) is 0 Å². The van der Waals surface area contributed by atoms with E-state index in [1.165, 1.54) is 109 Å². The molecular weight excluding hydrogens is 408 g/mol. The molecule has 0 aliphatic carbocycles. The minimum Gasteiger partial charge on any atom is -0.393 e. The first-order chi connectivity index (χ1) is 16.2. The van der Waals surface area contributed by atoms with Gasteiger partial charge in [-0.2, -0.15) is 0 Å². The quantitative estimate of drug-likeness (QED) is 0.0584. The van der Waals surface area contributed by atoms with Crippen molar-refractivity contribution in [2.24, 2.45) is 0 Å². The molecule has 0 rings (SSSR count). The molecule has 0 N–H and O–H groups in total. The van der Waals surface area contributed by atoms with Gasteiger partial charge in [0.2, 0.25) is 0 Å². The summed E-state index contributed by atoms with van der Waals surface area (Å²) in [5.41, 5.74) is 0. The van der Waals surface area contributed by atoms with Crippen LogP contribution in [0.2, 0.25) is 0 Å². The number of allylic oxidation sites excluding steroid dienone is 2. The minimum absolute atomic E-state index is 0.337. The Bertz CT molecular complexity index is 455. The summed E-state index contributed by atoms with van der Waals surface area (Å²) < 4.78 is 4.95. The minimum atomic E-state index is -0.339. The average Bonchev–Trinajstić information content (AvgIpc) is 2.80. The number of hydrogen-bond acceptors (Lipinski definition) is 3. The number of carbonyl (C=O) groups is 2. The van der Waals surface area contributed by atoms with Gasteiger partial charge in [0.15, 0.2) is 0 Å². The van der Waals surface area contributed by atoms with Gasteiger partial charge in [-0.05, 0) is 38.5 Å². The predicted octanol–water partition coefficient (Wildman–Crippen LogP) is 10.0. The zero-order chi connectivity index (χ0) is 24.2. The highest BCUT2D eigenvalue weighted by molar-refractivity contribution is 5.85. The van der Waals surface area contributed by atoms with Crippen molar-refractivity contribution >= 4 is 11.9 Å². The molecule has 194 valence electrons. The second-order valence-corrected chi connectivity index (χ2v) is 9.76. The Morgan fingerprint density at radius 1 is 0.455 bits per heavy atom. The van der Waals surface area contributed by atoms with Gasteiger partial charge in [-0.3, -0.25) is 9.59 Å². The normalized spacial score (nSPS) is 11.3. The summed E-state index contributed by atoms with van der Waals surface area (Å²) in [4.78, 5) is 23.6. The van der Waals surface area contributed by atoms with Crippen molar-refractivity contribution in [3.8, 4) is 0 Å². The summed E-state index contributed by atoms with van der Waals surface area (Å²) in [5, 5.41) is 0.